The third kappa shape index (κ3) is 6.27. The van der Waals surface area contributed by atoms with E-state index in [0.29, 0.717) is 17.6 Å². The van der Waals surface area contributed by atoms with E-state index in [0.717, 1.165) is 55.8 Å². The average Bonchev–Trinajstić information content (AvgIpc) is 3.40. The highest BCUT2D eigenvalue weighted by molar-refractivity contribution is 5.64. The van der Waals surface area contributed by atoms with Gasteiger partial charge in [0.2, 0.25) is 6.79 Å². The largest absolute Gasteiger partial charge is 0.508 e. The number of rotatable bonds is 6. The SMILES string of the molecule is C=C1/C=C\C(O)=C/CCCC(c2cc3c(cc2N(CC)Cc2ccc(C4CCN(C)CC4)cc2)OCO3)C1. The van der Waals surface area contributed by atoms with Crippen molar-refractivity contribution in [2.75, 3.05) is 38.4 Å². The molecule has 3 aliphatic rings. The number of ether oxygens (including phenoxy) is 2. The number of fused-ring (bicyclic) bond motifs is 1. The predicted octanol–water partition coefficient (Wildman–Crippen LogP) is 7.46. The Morgan fingerprint density at radius 3 is 2.47 bits per heavy atom. The average molecular weight is 515 g/mol. The molecule has 202 valence electrons. The first-order valence-corrected chi connectivity index (χ1v) is 14.2. The highest BCUT2D eigenvalue weighted by atomic mass is 16.7. The number of hydrogen-bond acceptors (Lipinski definition) is 5. The molecule has 5 rings (SSSR count). The van der Waals surface area contributed by atoms with Gasteiger partial charge >= 0.3 is 0 Å². The van der Waals surface area contributed by atoms with Gasteiger partial charge in [-0.25, -0.2) is 0 Å². The molecule has 1 unspecified atom stereocenters. The molecule has 5 nitrogen and oxygen atoms in total. The fraction of sp³-hybridized carbons (Fsp3) is 0.455. The van der Waals surface area contributed by atoms with Crippen LogP contribution in [0.3, 0.4) is 0 Å². The van der Waals surface area contributed by atoms with Gasteiger partial charge in [0.15, 0.2) is 11.5 Å². The number of piperidine rings is 1. The fourth-order valence-electron chi connectivity index (χ4n) is 6.01. The predicted molar refractivity (Wildman–Crippen MR) is 155 cm³/mol. The molecule has 0 amide bonds. The third-order valence-corrected chi connectivity index (χ3v) is 8.34. The fourth-order valence-corrected chi connectivity index (χ4v) is 6.01. The number of anilines is 1. The van der Waals surface area contributed by atoms with Gasteiger partial charge in [-0.2, -0.15) is 0 Å². The number of aliphatic hydroxyl groups is 1. The minimum absolute atomic E-state index is 0.271. The van der Waals surface area contributed by atoms with Crippen molar-refractivity contribution < 1.29 is 14.6 Å². The lowest BCUT2D eigenvalue weighted by Gasteiger charge is -2.31. The number of allylic oxidation sites excluding steroid dienone is 4. The van der Waals surface area contributed by atoms with Gasteiger partial charge in [0.05, 0.1) is 0 Å². The molecule has 0 saturated carbocycles. The van der Waals surface area contributed by atoms with E-state index in [1.54, 1.807) is 6.08 Å². The van der Waals surface area contributed by atoms with E-state index in [2.05, 4.69) is 66.7 Å². The molecule has 0 radical (unpaired) electrons. The number of nitrogens with zero attached hydrogens (tertiary/aromatic N) is 2. The quantitative estimate of drug-likeness (QED) is 0.433. The van der Waals surface area contributed by atoms with E-state index in [4.69, 9.17) is 9.47 Å². The minimum atomic E-state index is 0.271. The summed E-state index contributed by atoms with van der Waals surface area (Å²) in [6.07, 6.45) is 11.8. The van der Waals surface area contributed by atoms with Crippen molar-refractivity contribution in [1.29, 1.82) is 0 Å². The van der Waals surface area contributed by atoms with Gasteiger partial charge in [-0.15, -0.1) is 0 Å². The van der Waals surface area contributed by atoms with Gasteiger partial charge in [0, 0.05) is 24.8 Å². The second-order valence-corrected chi connectivity index (χ2v) is 11.1. The van der Waals surface area contributed by atoms with Crippen molar-refractivity contribution in [3.8, 4) is 11.5 Å². The monoisotopic (exact) mass is 514 g/mol. The summed E-state index contributed by atoms with van der Waals surface area (Å²) in [5.74, 6) is 2.97. The van der Waals surface area contributed by atoms with Gasteiger partial charge in [-0.1, -0.05) is 42.5 Å². The minimum Gasteiger partial charge on any atom is -0.508 e. The van der Waals surface area contributed by atoms with E-state index in [-0.39, 0.29) is 6.79 Å². The number of benzene rings is 2. The molecule has 1 saturated heterocycles. The van der Waals surface area contributed by atoms with Crippen LogP contribution in [0.15, 0.2) is 72.5 Å². The Kier molecular flexibility index (Phi) is 8.43. The van der Waals surface area contributed by atoms with Crippen molar-refractivity contribution in [3.63, 3.8) is 0 Å². The summed E-state index contributed by atoms with van der Waals surface area (Å²) in [5, 5.41) is 10.0. The van der Waals surface area contributed by atoms with Crippen LogP contribution < -0.4 is 14.4 Å². The molecular formula is C33H42N2O3. The summed E-state index contributed by atoms with van der Waals surface area (Å²) < 4.78 is 11.6. The molecule has 2 aromatic carbocycles. The molecule has 0 bridgehead atoms. The van der Waals surface area contributed by atoms with Crippen LogP contribution in [0, 0.1) is 0 Å². The summed E-state index contributed by atoms with van der Waals surface area (Å²) in [5.41, 5.74) is 6.33. The van der Waals surface area contributed by atoms with Crippen molar-refractivity contribution >= 4 is 5.69 Å². The molecule has 1 fully saturated rings. The zero-order valence-corrected chi connectivity index (χ0v) is 23.0. The highest BCUT2D eigenvalue weighted by Crippen LogP contribution is 2.44. The molecule has 5 heteroatoms. The van der Waals surface area contributed by atoms with Gasteiger partial charge in [-0.05, 0) is 112 Å². The van der Waals surface area contributed by atoms with Crippen molar-refractivity contribution in [2.45, 2.75) is 63.8 Å². The first-order valence-electron chi connectivity index (χ1n) is 14.2. The summed E-state index contributed by atoms with van der Waals surface area (Å²) >= 11 is 0. The van der Waals surface area contributed by atoms with E-state index < -0.39 is 0 Å². The molecule has 2 heterocycles. The molecule has 38 heavy (non-hydrogen) atoms. The molecule has 2 aromatic rings. The molecular weight excluding hydrogens is 472 g/mol. The van der Waals surface area contributed by atoms with Crippen LogP contribution in [0.25, 0.3) is 0 Å². The van der Waals surface area contributed by atoms with Gasteiger partial charge in [-0.3, -0.25) is 0 Å². The molecule has 0 spiro atoms. The smallest absolute Gasteiger partial charge is 0.231 e. The van der Waals surface area contributed by atoms with E-state index in [1.807, 2.05) is 12.2 Å². The Morgan fingerprint density at radius 1 is 1.00 bits per heavy atom. The molecule has 2 aliphatic heterocycles. The van der Waals surface area contributed by atoms with Gasteiger partial charge in [0.1, 0.15) is 5.76 Å². The normalized spacial score (nSPS) is 23.1. The Bertz CT molecular complexity index is 1180. The van der Waals surface area contributed by atoms with Crippen LogP contribution in [0.1, 0.15) is 74.0 Å². The molecule has 1 aliphatic carbocycles. The van der Waals surface area contributed by atoms with Gasteiger partial charge in [0.25, 0.3) is 0 Å². The van der Waals surface area contributed by atoms with Crippen LogP contribution in [0.2, 0.25) is 0 Å². The lowest BCUT2D eigenvalue weighted by molar-refractivity contribution is 0.174. The summed E-state index contributed by atoms with van der Waals surface area (Å²) in [7, 11) is 2.22. The van der Waals surface area contributed by atoms with Crippen molar-refractivity contribution in [3.05, 3.63) is 89.2 Å². The standard InChI is InChI=1S/C33H42N2O3/c1-4-35(22-25-10-12-26(13-11-25)27-15-17-34(3)18-16-27)31-21-33-32(37-23-38-33)20-30(31)28-7-5-6-8-29(36)14-9-24(2)19-28/h8-14,20-21,27-28,36H,2,4-7,15-19,22-23H2,1,3H3/b14-9-,29-8+. The van der Waals surface area contributed by atoms with Crippen LogP contribution in [-0.2, 0) is 6.54 Å². The van der Waals surface area contributed by atoms with Gasteiger partial charge < -0.3 is 24.4 Å². The molecule has 1 N–H and O–H groups in total. The van der Waals surface area contributed by atoms with Crippen LogP contribution >= 0.6 is 0 Å². The van der Waals surface area contributed by atoms with Crippen LogP contribution in [0.4, 0.5) is 5.69 Å². The lowest BCUT2D eigenvalue weighted by atomic mass is 9.85. The number of aliphatic hydroxyl groups excluding tert-OH is 1. The maximum Gasteiger partial charge on any atom is 0.231 e. The van der Waals surface area contributed by atoms with Crippen LogP contribution in [0.5, 0.6) is 11.5 Å². The first kappa shape index (κ1) is 26.4. The number of hydrogen-bond donors (Lipinski definition) is 1. The second kappa shape index (κ2) is 12.1. The van der Waals surface area contributed by atoms with E-state index >= 15 is 0 Å². The van der Waals surface area contributed by atoms with Crippen molar-refractivity contribution in [1.82, 2.24) is 4.90 Å². The Balaban J connectivity index is 1.40. The Hall–Kier alpha value is -3.18. The Morgan fingerprint density at radius 2 is 1.74 bits per heavy atom. The topological polar surface area (TPSA) is 45.2 Å². The van der Waals surface area contributed by atoms with Crippen LogP contribution in [-0.4, -0.2) is 43.5 Å². The maximum absolute atomic E-state index is 10.0. The molecule has 1 atom stereocenters. The first-order chi connectivity index (χ1) is 18.5. The van der Waals surface area contributed by atoms with E-state index in [1.165, 1.54) is 48.3 Å². The molecule has 0 aromatic heterocycles. The zero-order chi connectivity index (χ0) is 26.5. The van der Waals surface area contributed by atoms with E-state index in [9.17, 15) is 5.11 Å². The van der Waals surface area contributed by atoms with Crippen molar-refractivity contribution in [2.24, 2.45) is 0 Å². The summed E-state index contributed by atoms with van der Waals surface area (Å²) in [6, 6.07) is 13.7. The third-order valence-electron chi connectivity index (χ3n) is 8.34. The Labute approximate surface area is 228 Å². The zero-order valence-electron chi connectivity index (χ0n) is 23.0. The lowest BCUT2D eigenvalue weighted by Crippen LogP contribution is -2.29. The highest BCUT2D eigenvalue weighted by Gasteiger charge is 2.25. The second-order valence-electron chi connectivity index (χ2n) is 11.1. The number of likely N-dealkylation sites (tertiary alicyclic amines) is 1. The maximum atomic E-state index is 10.0. The summed E-state index contributed by atoms with van der Waals surface area (Å²) in [4.78, 5) is 4.89. The summed E-state index contributed by atoms with van der Waals surface area (Å²) in [6.45, 7) is 10.9.